The third-order valence-corrected chi connectivity index (χ3v) is 5.34. The van der Waals surface area contributed by atoms with Crippen molar-refractivity contribution in [3.05, 3.63) is 94.8 Å². The molecule has 0 aliphatic rings. The Morgan fingerprint density at radius 1 is 1.00 bits per heavy atom. The molecule has 2 amide bonds. The molecule has 0 radical (unpaired) electrons. The van der Waals surface area contributed by atoms with E-state index in [1.807, 2.05) is 26.0 Å². The molecule has 3 rings (SSSR count). The van der Waals surface area contributed by atoms with Gasteiger partial charge in [0.2, 0.25) is 5.91 Å². The molecule has 1 heterocycles. The molecule has 1 aromatic heterocycles. The van der Waals surface area contributed by atoms with Crippen LogP contribution < -0.4 is 10.6 Å². The molecule has 7 heteroatoms. The lowest BCUT2D eigenvalue weighted by Crippen LogP contribution is -2.41. The molecule has 31 heavy (non-hydrogen) atoms. The van der Waals surface area contributed by atoms with Crippen LogP contribution in [-0.2, 0) is 10.2 Å². The van der Waals surface area contributed by atoms with E-state index in [4.69, 9.17) is 11.6 Å². The van der Waals surface area contributed by atoms with E-state index in [-0.39, 0.29) is 18.4 Å². The zero-order chi connectivity index (χ0) is 22.4. The number of carbonyl (C=O) groups excluding carboxylic acids is 2. The zero-order valence-electron chi connectivity index (χ0n) is 17.3. The van der Waals surface area contributed by atoms with Gasteiger partial charge in [0, 0.05) is 35.2 Å². The quantitative estimate of drug-likeness (QED) is 0.518. The summed E-state index contributed by atoms with van der Waals surface area (Å²) in [6.07, 6.45) is 2.29. The highest BCUT2D eigenvalue weighted by atomic mass is 35.5. The van der Waals surface area contributed by atoms with Crippen LogP contribution in [-0.4, -0.2) is 28.4 Å². The van der Waals surface area contributed by atoms with Gasteiger partial charge in [0.05, 0.1) is 11.5 Å². The lowest BCUT2D eigenvalue weighted by Gasteiger charge is -2.25. The zero-order valence-corrected chi connectivity index (χ0v) is 18.1. The van der Waals surface area contributed by atoms with Gasteiger partial charge in [-0.25, -0.2) is 0 Å². The minimum atomic E-state index is -0.901. The Labute approximate surface area is 186 Å². The van der Waals surface area contributed by atoms with Gasteiger partial charge in [-0.2, -0.15) is 0 Å². The number of carbonyl (C=O) groups is 2. The number of pyridine rings is 1. The third kappa shape index (κ3) is 5.69. The van der Waals surface area contributed by atoms with Crippen LogP contribution in [0.4, 0.5) is 5.69 Å². The molecule has 2 aromatic carbocycles. The number of nitrogens with zero attached hydrogens (tertiary/aromatic N) is 1. The second-order valence-corrected chi connectivity index (χ2v) is 8.11. The summed E-state index contributed by atoms with van der Waals surface area (Å²) in [6.45, 7) is 3.68. The van der Waals surface area contributed by atoms with Crippen LogP contribution in [0.15, 0.2) is 73.1 Å². The molecule has 160 valence electrons. The minimum Gasteiger partial charge on any atom is -0.387 e. The van der Waals surface area contributed by atoms with Crippen LogP contribution in [0.25, 0.3) is 0 Å². The van der Waals surface area contributed by atoms with Gasteiger partial charge >= 0.3 is 0 Å². The summed E-state index contributed by atoms with van der Waals surface area (Å²) in [5.41, 5.74) is 1.76. The van der Waals surface area contributed by atoms with Crippen LogP contribution in [0.5, 0.6) is 0 Å². The molecule has 0 unspecified atom stereocenters. The van der Waals surface area contributed by atoms with Crippen molar-refractivity contribution in [1.82, 2.24) is 10.3 Å². The van der Waals surface area contributed by atoms with Gasteiger partial charge in [0.15, 0.2) is 0 Å². The Balaban J connectivity index is 1.57. The molecular formula is C24H24ClN3O3. The number of hydrogen-bond donors (Lipinski definition) is 3. The fourth-order valence-electron chi connectivity index (χ4n) is 3.02. The second kappa shape index (κ2) is 9.73. The molecule has 0 aliphatic carbocycles. The number of benzene rings is 2. The normalized spacial score (nSPS) is 12.1. The Kier molecular flexibility index (Phi) is 7.05. The van der Waals surface area contributed by atoms with E-state index < -0.39 is 11.5 Å². The van der Waals surface area contributed by atoms with Gasteiger partial charge in [-0.3, -0.25) is 14.6 Å². The van der Waals surface area contributed by atoms with E-state index in [9.17, 15) is 14.7 Å². The van der Waals surface area contributed by atoms with E-state index in [1.165, 1.54) is 0 Å². The summed E-state index contributed by atoms with van der Waals surface area (Å²) >= 11 is 5.92. The Morgan fingerprint density at radius 3 is 2.23 bits per heavy atom. The molecule has 0 bridgehead atoms. The predicted octanol–water partition coefficient (Wildman–Crippen LogP) is 4.11. The highest BCUT2D eigenvalue weighted by Gasteiger charge is 2.30. The molecule has 0 saturated heterocycles. The highest BCUT2D eigenvalue weighted by molar-refractivity contribution is 6.30. The van der Waals surface area contributed by atoms with Crippen molar-refractivity contribution >= 4 is 29.1 Å². The molecule has 0 saturated carbocycles. The van der Waals surface area contributed by atoms with Crippen LogP contribution in [0.2, 0.25) is 5.02 Å². The summed E-state index contributed by atoms with van der Waals surface area (Å²) in [6, 6.07) is 17.1. The van der Waals surface area contributed by atoms with Crippen molar-refractivity contribution in [1.29, 1.82) is 0 Å². The smallest absolute Gasteiger partial charge is 0.255 e. The Morgan fingerprint density at radius 2 is 1.61 bits per heavy atom. The van der Waals surface area contributed by atoms with Crippen molar-refractivity contribution in [2.75, 3.05) is 11.9 Å². The van der Waals surface area contributed by atoms with E-state index in [1.54, 1.807) is 60.9 Å². The lowest BCUT2D eigenvalue weighted by molar-refractivity contribution is -0.126. The van der Waals surface area contributed by atoms with Crippen molar-refractivity contribution in [2.24, 2.45) is 0 Å². The molecule has 3 aromatic rings. The number of halogens is 1. The Bertz CT molecular complexity index is 1040. The third-order valence-electron chi connectivity index (χ3n) is 5.09. The number of aliphatic hydroxyl groups excluding tert-OH is 1. The van der Waals surface area contributed by atoms with E-state index in [0.717, 1.165) is 5.56 Å². The maximum absolute atomic E-state index is 12.7. The second-order valence-electron chi connectivity index (χ2n) is 7.67. The van der Waals surface area contributed by atoms with Crippen molar-refractivity contribution in [3.8, 4) is 0 Å². The number of nitrogens with one attached hydrogen (secondary N) is 2. The molecule has 1 atom stereocenters. The minimum absolute atomic E-state index is 0.0540. The average Bonchev–Trinajstić information content (AvgIpc) is 2.78. The van der Waals surface area contributed by atoms with Crippen LogP contribution >= 0.6 is 11.6 Å². The number of aromatic nitrogens is 1. The van der Waals surface area contributed by atoms with Gasteiger partial charge in [-0.05, 0) is 61.4 Å². The van der Waals surface area contributed by atoms with Crippen LogP contribution in [0.3, 0.4) is 0 Å². The first-order valence-corrected chi connectivity index (χ1v) is 10.2. The number of rotatable bonds is 7. The predicted molar refractivity (Wildman–Crippen MR) is 121 cm³/mol. The fraction of sp³-hybridized carbons (Fsp3) is 0.208. The number of hydrogen-bond acceptors (Lipinski definition) is 4. The average molecular weight is 438 g/mol. The molecule has 0 fully saturated rings. The summed E-state index contributed by atoms with van der Waals surface area (Å²) in [5.74, 6) is -0.465. The standard InChI is InChI=1S/C24H24ClN3O3/c1-24(2,18-7-9-19(25)10-8-18)23(31)27-15-21(29)16-3-5-17(6-4-16)22(30)28-20-11-13-26-14-12-20/h3-14,21,29H,15H2,1-2H3,(H,27,31)(H,26,28,30)/t21-/m0/s1. The first-order valence-electron chi connectivity index (χ1n) is 9.81. The van der Waals surface area contributed by atoms with Gasteiger partial charge in [0.25, 0.3) is 5.91 Å². The number of anilines is 1. The number of amides is 2. The summed E-state index contributed by atoms with van der Waals surface area (Å²) < 4.78 is 0. The van der Waals surface area contributed by atoms with Gasteiger partial charge in [0.1, 0.15) is 0 Å². The summed E-state index contributed by atoms with van der Waals surface area (Å²) in [7, 11) is 0. The van der Waals surface area contributed by atoms with Crippen molar-refractivity contribution in [2.45, 2.75) is 25.4 Å². The summed E-state index contributed by atoms with van der Waals surface area (Å²) in [4.78, 5) is 28.9. The van der Waals surface area contributed by atoms with E-state index in [0.29, 0.717) is 21.8 Å². The Hall–Kier alpha value is -3.22. The molecule has 3 N–H and O–H groups in total. The maximum Gasteiger partial charge on any atom is 0.255 e. The van der Waals surface area contributed by atoms with E-state index in [2.05, 4.69) is 15.6 Å². The highest BCUT2D eigenvalue weighted by Crippen LogP contribution is 2.25. The monoisotopic (exact) mass is 437 g/mol. The topological polar surface area (TPSA) is 91.3 Å². The van der Waals surface area contributed by atoms with Gasteiger partial charge < -0.3 is 15.7 Å². The fourth-order valence-corrected chi connectivity index (χ4v) is 3.15. The first kappa shape index (κ1) is 22.5. The molecule has 0 aliphatic heterocycles. The molecule has 0 spiro atoms. The van der Waals surface area contributed by atoms with Crippen molar-refractivity contribution < 1.29 is 14.7 Å². The summed E-state index contributed by atoms with van der Waals surface area (Å²) in [5, 5.41) is 16.6. The SMILES string of the molecule is CC(C)(C(=O)NC[C@H](O)c1ccc(C(=O)Nc2ccncc2)cc1)c1ccc(Cl)cc1. The molecule has 6 nitrogen and oxygen atoms in total. The number of aliphatic hydroxyl groups is 1. The van der Waals surface area contributed by atoms with E-state index >= 15 is 0 Å². The molecular weight excluding hydrogens is 414 g/mol. The van der Waals surface area contributed by atoms with Gasteiger partial charge in [-0.1, -0.05) is 35.9 Å². The van der Waals surface area contributed by atoms with Gasteiger partial charge in [-0.15, -0.1) is 0 Å². The van der Waals surface area contributed by atoms with Crippen LogP contribution in [0.1, 0.15) is 41.4 Å². The maximum atomic E-state index is 12.7. The van der Waals surface area contributed by atoms with Crippen molar-refractivity contribution in [3.63, 3.8) is 0 Å². The first-order chi connectivity index (χ1) is 14.8. The largest absolute Gasteiger partial charge is 0.387 e. The lowest BCUT2D eigenvalue weighted by atomic mass is 9.83. The van der Waals surface area contributed by atoms with Crippen LogP contribution in [0, 0.1) is 0 Å².